The molecule has 2 fully saturated rings. The number of aliphatic hydroxyl groups excluding tert-OH is 2. The first kappa shape index (κ1) is 24.8. The predicted octanol–water partition coefficient (Wildman–Crippen LogP) is 5.71. The topological polar surface area (TPSA) is 60.7 Å². The Kier molecular flexibility index (Phi) is 6.78. The molecule has 0 aromatic heterocycles. The molecule has 3 nitrogen and oxygen atoms in total. The minimum Gasteiger partial charge on any atom is -0.393 e. The van der Waals surface area contributed by atoms with Crippen LogP contribution in [0.25, 0.3) is 0 Å². The Bertz CT molecular complexity index is 911. The Labute approximate surface area is 201 Å². The molecule has 2 saturated carbocycles. The van der Waals surface area contributed by atoms with E-state index in [0.717, 1.165) is 32.1 Å². The largest absolute Gasteiger partial charge is 0.393 e. The number of fused-ring (bicyclic) bond motifs is 5. The first-order chi connectivity index (χ1) is 15.6. The summed E-state index contributed by atoms with van der Waals surface area (Å²) in [7, 11) is 0. The molecule has 4 rings (SSSR count). The Morgan fingerprint density at radius 1 is 1.15 bits per heavy atom. The van der Waals surface area contributed by atoms with Gasteiger partial charge in [0, 0.05) is 18.3 Å². The predicted molar refractivity (Wildman–Crippen MR) is 134 cm³/mol. The van der Waals surface area contributed by atoms with Crippen molar-refractivity contribution in [2.24, 2.45) is 28.6 Å². The molecule has 3 heteroatoms. The van der Waals surface area contributed by atoms with Crippen LogP contribution in [0.15, 0.2) is 34.9 Å². The van der Waals surface area contributed by atoms with Gasteiger partial charge in [0.05, 0.1) is 12.2 Å². The summed E-state index contributed by atoms with van der Waals surface area (Å²) < 4.78 is 0. The van der Waals surface area contributed by atoms with E-state index in [4.69, 9.17) is 0 Å². The van der Waals surface area contributed by atoms with E-state index in [0.29, 0.717) is 43.4 Å². The minimum absolute atomic E-state index is 0.184. The molecule has 0 bridgehead atoms. The van der Waals surface area contributed by atoms with Gasteiger partial charge in [-0.2, -0.15) is 0 Å². The molecule has 3 N–H and O–H groups in total. The summed E-state index contributed by atoms with van der Waals surface area (Å²) in [6.45, 7) is 11.0. The van der Waals surface area contributed by atoms with Crippen LogP contribution in [0.3, 0.4) is 0 Å². The Morgan fingerprint density at radius 2 is 1.88 bits per heavy atom. The third-order valence-electron chi connectivity index (χ3n) is 10.0. The monoisotopic (exact) mass is 452 g/mol. The van der Waals surface area contributed by atoms with Gasteiger partial charge >= 0.3 is 0 Å². The fourth-order valence-electron chi connectivity index (χ4n) is 7.53. The molecule has 0 saturated heterocycles. The van der Waals surface area contributed by atoms with Gasteiger partial charge in [-0.05, 0) is 68.1 Å². The van der Waals surface area contributed by atoms with E-state index in [1.165, 1.54) is 11.1 Å². The lowest BCUT2D eigenvalue weighted by molar-refractivity contribution is -0.0492. The van der Waals surface area contributed by atoms with Gasteiger partial charge < -0.3 is 15.3 Å². The van der Waals surface area contributed by atoms with Crippen molar-refractivity contribution in [1.29, 1.82) is 0 Å². The van der Waals surface area contributed by atoms with Gasteiger partial charge in [0.25, 0.3) is 0 Å². The molecular weight excluding hydrogens is 408 g/mol. The summed E-state index contributed by atoms with van der Waals surface area (Å²) in [5.74, 6) is 7.76. The number of aliphatic hydroxyl groups is 3. The van der Waals surface area contributed by atoms with E-state index in [9.17, 15) is 15.3 Å². The van der Waals surface area contributed by atoms with Crippen molar-refractivity contribution >= 4 is 0 Å². The Morgan fingerprint density at radius 3 is 2.58 bits per heavy atom. The molecule has 7 atom stereocenters. The second kappa shape index (κ2) is 9.03. The molecule has 33 heavy (non-hydrogen) atoms. The van der Waals surface area contributed by atoms with Crippen molar-refractivity contribution in [2.75, 3.05) is 0 Å². The van der Waals surface area contributed by atoms with E-state index in [2.05, 4.69) is 50.8 Å². The molecule has 4 aliphatic carbocycles. The number of allylic oxidation sites excluding steroid dienone is 5. The van der Waals surface area contributed by atoms with Crippen LogP contribution in [-0.2, 0) is 0 Å². The van der Waals surface area contributed by atoms with Gasteiger partial charge in [0.2, 0.25) is 0 Å². The molecule has 4 aliphatic rings. The van der Waals surface area contributed by atoms with Crippen molar-refractivity contribution in [2.45, 2.75) is 110 Å². The summed E-state index contributed by atoms with van der Waals surface area (Å²) in [6.07, 6.45) is 13.9. The number of rotatable bonds is 5. The van der Waals surface area contributed by atoms with Crippen molar-refractivity contribution in [3.05, 3.63) is 34.9 Å². The highest BCUT2D eigenvalue weighted by atomic mass is 16.3. The van der Waals surface area contributed by atoms with Crippen molar-refractivity contribution in [1.82, 2.24) is 0 Å². The van der Waals surface area contributed by atoms with E-state index in [1.807, 2.05) is 13.8 Å². The molecule has 0 amide bonds. The lowest BCUT2D eigenvalue weighted by atomic mass is 9.49. The zero-order valence-electron chi connectivity index (χ0n) is 21.3. The van der Waals surface area contributed by atoms with Gasteiger partial charge in [-0.3, -0.25) is 0 Å². The molecule has 0 aromatic carbocycles. The highest BCUT2D eigenvalue weighted by Crippen LogP contribution is 2.64. The molecule has 0 aromatic rings. The maximum atomic E-state index is 11.1. The molecule has 0 radical (unpaired) electrons. The van der Waals surface area contributed by atoms with Crippen LogP contribution in [0.5, 0.6) is 0 Å². The smallest absolute Gasteiger partial charge is 0.125 e. The minimum atomic E-state index is -0.832. The molecule has 0 heterocycles. The summed E-state index contributed by atoms with van der Waals surface area (Å²) >= 11 is 0. The average molecular weight is 453 g/mol. The van der Waals surface area contributed by atoms with E-state index in [-0.39, 0.29) is 10.8 Å². The summed E-state index contributed by atoms with van der Waals surface area (Å²) in [5, 5.41) is 31.7. The van der Waals surface area contributed by atoms with Crippen molar-refractivity contribution < 1.29 is 15.3 Å². The quantitative estimate of drug-likeness (QED) is 0.370. The van der Waals surface area contributed by atoms with Crippen molar-refractivity contribution in [3.63, 3.8) is 0 Å². The Balaban J connectivity index is 1.49. The van der Waals surface area contributed by atoms with Crippen LogP contribution in [0.4, 0.5) is 0 Å². The number of hydrogen-bond donors (Lipinski definition) is 3. The molecular formula is C30H44O3. The lowest BCUT2D eigenvalue weighted by Gasteiger charge is -2.56. The fourth-order valence-corrected chi connectivity index (χ4v) is 7.53. The maximum Gasteiger partial charge on any atom is 0.125 e. The van der Waals surface area contributed by atoms with Gasteiger partial charge in [-0.1, -0.05) is 75.5 Å². The Hall–Kier alpha value is -1.34. The molecule has 182 valence electrons. The van der Waals surface area contributed by atoms with Crippen molar-refractivity contribution in [3.8, 4) is 11.8 Å². The van der Waals surface area contributed by atoms with Gasteiger partial charge in [0.15, 0.2) is 0 Å². The third kappa shape index (κ3) is 4.07. The normalized spacial score (nSPS) is 38.6. The first-order valence-electron chi connectivity index (χ1n) is 13.3. The SMILES string of the molecule is CCC(O)(C#CCCC(C)C1=CCC2C3=CC=C4CC(O)CC(O)C4(C)C3CCC12C)CC. The van der Waals surface area contributed by atoms with Crippen LogP contribution < -0.4 is 0 Å². The molecule has 0 aliphatic heterocycles. The first-order valence-corrected chi connectivity index (χ1v) is 13.3. The van der Waals surface area contributed by atoms with Crippen LogP contribution in [0.2, 0.25) is 0 Å². The van der Waals surface area contributed by atoms with Crippen LogP contribution in [0, 0.1) is 40.4 Å². The molecule has 0 spiro atoms. The second-order valence-corrected chi connectivity index (χ2v) is 11.7. The van der Waals surface area contributed by atoms with E-state index in [1.54, 1.807) is 5.57 Å². The standard InChI is InChI=1S/C30H44O3/c1-6-30(33,7-2)16-9-8-10-20(3)24-13-14-25-23-12-11-21-18-22(31)19-27(32)29(21,5)26(23)15-17-28(24,25)4/h11-13,20,22,25-27,31-33H,6-8,10,14-15,17-19H2,1-5H3. The summed E-state index contributed by atoms with van der Waals surface area (Å²) in [5.41, 5.74) is 3.48. The van der Waals surface area contributed by atoms with Crippen LogP contribution in [0.1, 0.15) is 92.4 Å². The zero-order chi connectivity index (χ0) is 24.0. The average Bonchev–Trinajstić information content (AvgIpc) is 3.15. The van der Waals surface area contributed by atoms with Crippen LogP contribution >= 0.6 is 0 Å². The fraction of sp³-hybridized carbons (Fsp3) is 0.733. The van der Waals surface area contributed by atoms with E-state index >= 15 is 0 Å². The van der Waals surface area contributed by atoms with Gasteiger partial charge in [-0.15, -0.1) is 5.92 Å². The third-order valence-corrected chi connectivity index (χ3v) is 10.0. The van der Waals surface area contributed by atoms with Gasteiger partial charge in [-0.25, -0.2) is 0 Å². The lowest BCUT2D eigenvalue weighted by Crippen LogP contribution is -2.52. The highest BCUT2D eigenvalue weighted by molar-refractivity contribution is 5.43. The van der Waals surface area contributed by atoms with Gasteiger partial charge in [0.1, 0.15) is 5.60 Å². The molecule has 7 unspecified atom stereocenters. The summed E-state index contributed by atoms with van der Waals surface area (Å²) in [4.78, 5) is 0. The maximum absolute atomic E-state index is 11.1. The van der Waals surface area contributed by atoms with Crippen LogP contribution in [-0.4, -0.2) is 33.1 Å². The highest BCUT2D eigenvalue weighted by Gasteiger charge is 2.56. The number of hydrogen-bond acceptors (Lipinski definition) is 3. The summed E-state index contributed by atoms with van der Waals surface area (Å²) in [6, 6.07) is 0. The van der Waals surface area contributed by atoms with E-state index < -0.39 is 17.8 Å². The second-order valence-electron chi connectivity index (χ2n) is 11.7. The zero-order valence-corrected chi connectivity index (χ0v) is 21.3.